The summed E-state index contributed by atoms with van der Waals surface area (Å²) in [5.74, 6) is -0.672. The maximum atomic E-state index is 12.2. The van der Waals surface area contributed by atoms with Gasteiger partial charge in [-0.1, -0.05) is 0 Å². The fraction of sp³-hybridized carbons (Fsp3) is 0.417. The highest BCUT2D eigenvalue weighted by Crippen LogP contribution is 2.31. The summed E-state index contributed by atoms with van der Waals surface area (Å²) < 4.78 is 40.7. The second-order valence-electron chi connectivity index (χ2n) is 4.19. The summed E-state index contributed by atoms with van der Waals surface area (Å²) >= 11 is 2.97. The molecule has 2 rings (SSSR count). The van der Waals surface area contributed by atoms with Crippen LogP contribution in [0.25, 0.3) is 0 Å². The number of ether oxygens (including phenoxy) is 1. The molecule has 0 unspecified atom stereocenters. The number of halogens is 4. The van der Waals surface area contributed by atoms with Crippen molar-refractivity contribution in [3.63, 3.8) is 0 Å². The molecule has 0 spiro atoms. The molecule has 0 aromatic heterocycles. The van der Waals surface area contributed by atoms with Crippen molar-refractivity contribution in [2.24, 2.45) is 0 Å². The zero-order valence-electron chi connectivity index (χ0n) is 9.84. The SMILES string of the molecule is O=C(c1ccc(Br)c(OC(F)(F)F)c1)N1CCCC1. The standard InChI is InChI=1S/C12H11BrF3NO2/c13-9-4-3-8(7-10(9)19-12(14,15)16)11(18)17-5-1-2-6-17/h3-4,7H,1-2,5-6H2. The largest absolute Gasteiger partial charge is 0.573 e. The molecule has 104 valence electrons. The number of benzene rings is 1. The smallest absolute Gasteiger partial charge is 0.405 e. The van der Waals surface area contributed by atoms with Crippen LogP contribution in [0.1, 0.15) is 23.2 Å². The van der Waals surface area contributed by atoms with Crippen LogP contribution in [0.2, 0.25) is 0 Å². The minimum atomic E-state index is -4.78. The van der Waals surface area contributed by atoms with E-state index in [1.165, 1.54) is 12.1 Å². The van der Waals surface area contributed by atoms with Crippen molar-refractivity contribution in [3.8, 4) is 5.75 Å². The van der Waals surface area contributed by atoms with Crippen LogP contribution in [0.3, 0.4) is 0 Å². The Labute approximate surface area is 116 Å². The van der Waals surface area contributed by atoms with Crippen LogP contribution in [-0.2, 0) is 0 Å². The fourth-order valence-electron chi connectivity index (χ4n) is 1.94. The molecule has 0 aliphatic carbocycles. The lowest BCUT2D eigenvalue weighted by molar-refractivity contribution is -0.274. The maximum absolute atomic E-state index is 12.2. The summed E-state index contributed by atoms with van der Waals surface area (Å²) in [6, 6.07) is 3.97. The van der Waals surface area contributed by atoms with Crippen molar-refractivity contribution in [2.45, 2.75) is 19.2 Å². The van der Waals surface area contributed by atoms with E-state index in [4.69, 9.17) is 0 Å². The van der Waals surface area contributed by atoms with Gasteiger partial charge in [-0.25, -0.2) is 0 Å². The molecule has 1 amide bonds. The van der Waals surface area contributed by atoms with Gasteiger partial charge in [-0.3, -0.25) is 4.79 Å². The number of hydrogen-bond acceptors (Lipinski definition) is 2. The third kappa shape index (κ3) is 3.62. The van der Waals surface area contributed by atoms with E-state index in [0.29, 0.717) is 13.1 Å². The average molecular weight is 338 g/mol. The molecule has 3 nitrogen and oxygen atoms in total. The molecule has 1 saturated heterocycles. The van der Waals surface area contributed by atoms with Crippen molar-refractivity contribution in [2.75, 3.05) is 13.1 Å². The minimum Gasteiger partial charge on any atom is -0.405 e. The number of alkyl halides is 3. The minimum absolute atomic E-state index is 0.155. The van der Waals surface area contributed by atoms with Crippen LogP contribution in [-0.4, -0.2) is 30.3 Å². The molecular weight excluding hydrogens is 327 g/mol. The molecule has 1 aromatic carbocycles. The molecule has 1 aromatic rings. The van der Waals surface area contributed by atoms with Gasteiger partial charge in [0.25, 0.3) is 5.91 Å². The van der Waals surface area contributed by atoms with Crippen LogP contribution in [0, 0.1) is 0 Å². The van der Waals surface area contributed by atoms with Gasteiger partial charge < -0.3 is 9.64 Å². The Morgan fingerprint density at radius 1 is 1.26 bits per heavy atom. The van der Waals surface area contributed by atoms with Crippen molar-refractivity contribution >= 4 is 21.8 Å². The Kier molecular flexibility index (Phi) is 4.03. The predicted octanol–water partition coefficient (Wildman–Crippen LogP) is 3.58. The monoisotopic (exact) mass is 337 g/mol. The summed E-state index contributed by atoms with van der Waals surface area (Å²) in [7, 11) is 0. The zero-order chi connectivity index (χ0) is 14.0. The first kappa shape index (κ1) is 14.2. The zero-order valence-corrected chi connectivity index (χ0v) is 11.4. The lowest BCUT2D eigenvalue weighted by atomic mass is 10.2. The van der Waals surface area contributed by atoms with Crippen molar-refractivity contribution in [1.29, 1.82) is 0 Å². The lowest BCUT2D eigenvalue weighted by Gasteiger charge is -2.16. The van der Waals surface area contributed by atoms with Crippen LogP contribution < -0.4 is 4.74 Å². The molecule has 0 bridgehead atoms. The van der Waals surface area contributed by atoms with Gasteiger partial charge in [0.2, 0.25) is 0 Å². The molecular formula is C12H11BrF3NO2. The van der Waals surface area contributed by atoms with Gasteiger partial charge in [0.1, 0.15) is 5.75 Å². The summed E-state index contributed by atoms with van der Waals surface area (Å²) in [4.78, 5) is 13.7. The van der Waals surface area contributed by atoms with Gasteiger partial charge in [-0.15, -0.1) is 13.2 Å². The number of carbonyl (C=O) groups is 1. The first-order valence-electron chi connectivity index (χ1n) is 5.71. The Balaban J connectivity index is 2.22. The van der Waals surface area contributed by atoms with Crippen LogP contribution >= 0.6 is 15.9 Å². The van der Waals surface area contributed by atoms with Gasteiger partial charge >= 0.3 is 6.36 Å². The normalized spacial score (nSPS) is 15.7. The third-order valence-electron chi connectivity index (χ3n) is 2.80. The third-order valence-corrected chi connectivity index (χ3v) is 3.45. The Morgan fingerprint density at radius 3 is 2.47 bits per heavy atom. The highest BCUT2D eigenvalue weighted by atomic mass is 79.9. The molecule has 1 aliphatic rings. The molecule has 1 aliphatic heterocycles. The lowest BCUT2D eigenvalue weighted by Crippen LogP contribution is -2.27. The molecule has 1 fully saturated rings. The summed E-state index contributed by atoms with van der Waals surface area (Å²) in [5, 5.41) is 0. The maximum Gasteiger partial charge on any atom is 0.573 e. The van der Waals surface area contributed by atoms with E-state index in [1.807, 2.05) is 0 Å². The first-order chi connectivity index (χ1) is 8.87. The van der Waals surface area contributed by atoms with E-state index in [-0.39, 0.29) is 15.9 Å². The van der Waals surface area contributed by atoms with Crippen molar-refractivity contribution < 1.29 is 22.7 Å². The molecule has 7 heteroatoms. The van der Waals surface area contributed by atoms with E-state index in [1.54, 1.807) is 4.90 Å². The molecule has 0 atom stereocenters. The Morgan fingerprint density at radius 2 is 1.89 bits per heavy atom. The van der Waals surface area contributed by atoms with E-state index in [0.717, 1.165) is 18.9 Å². The van der Waals surface area contributed by atoms with Gasteiger partial charge in [-0.2, -0.15) is 0 Å². The molecule has 19 heavy (non-hydrogen) atoms. The van der Waals surface area contributed by atoms with Gasteiger partial charge in [0, 0.05) is 18.7 Å². The number of nitrogens with zero attached hydrogens (tertiary/aromatic N) is 1. The van der Waals surface area contributed by atoms with Gasteiger partial charge in [-0.05, 0) is 47.0 Å². The van der Waals surface area contributed by atoms with E-state index < -0.39 is 12.1 Å². The van der Waals surface area contributed by atoms with Crippen LogP contribution in [0.5, 0.6) is 5.75 Å². The molecule has 0 radical (unpaired) electrons. The molecule has 0 N–H and O–H groups in total. The highest BCUT2D eigenvalue weighted by Gasteiger charge is 2.32. The Bertz CT molecular complexity index is 484. The summed E-state index contributed by atoms with van der Waals surface area (Å²) in [6.45, 7) is 1.29. The topological polar surface area (TPSA) is 29.5 Å². The number of likely N-dealkylation sites (tertiary alicyclic amines) is 1. The first-order valence-corrected chi connectivity index (χ1v) is 6.51. The van der Waals surface area contributed by atoms with E-state index >= 15 is 0 Å². The number of hydrogen-bond donors (Lipinski definition) is 0. The van der Waals surface area contributed by atoms with Crippen molar-refractivity contribution in [3.05, 3.63) is 28.2 Å². The summed E-state index contributed by atoms with van der Waals surface area (Å²) in [6.07, 6.45) is -2.93. The molecule has 1 heterocycles. The van der Waals surface area contributed by atoms with E-state index in [9.17, 15) is 18.0 Å². The Hall–Kier alpha value is -1.24. The second kappa shape index (κ2) is 5.40. The second-order valence-corrected chi connectivity index (χ2v) is 5.05. The van der Waals surface area contributed by atoms with E-state index in [2.05, 4.69) is 20.7 Å². The average Bonchev–Trinajstić information content (AvgIpc) is 2.83. The van der Waals surface area contributed by atoms with Gasteiger partial charge in [0.05, 0.1) is 4.47 Å². The number of amides is 1. The highest BCUT2D eigenvalue weighted by molar-refractivity contribution is 9.10. The fourth-order valence-corrected chi connectivity index (χ4v) is 2.27. The van der Waals surface area contributed by atoms with Gasteiger partial charge in [0.15, 0.2) is 0 Å². The summed E-state index contributed by atoms with van der Waals surface area (Å²) in [5.41, 5.74) is 0.198. The number of rotatable bonds is 2. The van der Waals surface area contributed by atoms with Crippen molar-refractivity contribution in [1.82, 2.24) is 4.90 Å². The van der Waals surface area contributed by atoms with Crippen LogP contribution in [0.15, 0.2) is 22.7 Å². The van der Waals surface area contributed by atoms with Crippen LogP contribution in [0.4, 0.5) is 13.2 Å². The number of carbonyl (C=O) groups excluding carboxylic acids is 1. The predicted molar refractivity (Wildman–Crippen MR) is 66.0 cm³/mol. The molecule has 0 saturated carbocycles. The quantitative estimate of drug-likeness (QED) is 0.825.